The Labute approximate surface area is 249 Å². The summed E-state index contributed by atoms with van der Waals surface area (Å²) in [6.07, 6.45) is 8.86. The molecule has 0 saturated heterocycles. The lowest BCUT2D eigenvalue weighted by atomic mass is 9.88. The second kappa shape index (κ2) is 14.2. The van der Waals surface area contributed by atoms with Crippen LogP contribution in [0.15, 0.2) is 84.6 Å². The van der Waals surface area contributed by atoms with Crippen LogP contribution in [-0.4, -0.2) is 43.6 Å². The Hall–Kier alpha value is -3.83. The van der Waals surface area contributed by atoms with Gasteiger partial charge in [0.2, 0.25) is 11.8 Å². The molecule has 0 fully saturated rings. The van der Waals surface area contributed by atoms with E-state index < -0.39 is 0 Å². The number of ether oxygens (including phenoxy) is 2. The van der Waals surface area contributed by atoms with Gasteiger partial charge in [-0.15, -0.1) is 0 Å². The molecule has 0 N–H and O–H groups in total. The lowest BCUT2D eigenvalue weighted by Gasteiger charge is -2.18. The van der Waals surface area contributed by atoms with Gasteiger partial charge < -0.3 is 14.4 Å². The smallest absolute Gasteiger partial charge is 0.245 e. The third-order valence-electron chi connectivity index (χ3n) is 7.35. The molecular weight excluding hydrogens is 532 g/mol. The minimum absolute atomic E-state index is 0.00183. The number of benzene rings is 2. The summed E-state index contributed by atoms with van der Waals surface area (Å²) in [5, 5.41) is 0.792. The van der Waals surface area contributed by atoms with Crippen molar-refractivity contribution in [3.8, 4) is 11.6 Å². The number of rotatable bonds is 12. The zero-order chi connectivity index (χ0) is 29.4. The van der Waals surface area contributed by atoms with Gasteiger partial charge in [-0.25, -0.2) is 4.98 Å². The summed E-state index contributed by atoms with van der Waals surface area (Å²) >= 11 is 7.05. The summed E-state index contributed by atoms with van der Waals surface area (Å²) in [5.41, 5.74) is 7.83. The Morgan fingerprint density at radius 3 is 2.59 bits per heavy atom. The summed E-state index contributed by atoms with van der Waals surface area (Å²) in [4.78, 5) is 18.0. The van der Waals surface area contributed by atoms with Crippen LogP contribution in [0, 0.1) is 5.92 Å². The third kappa shape index (κ3) is 7.47. The molecule has 1 aromatic heterocycles. The predicted octanol–water partition coefficient (Wildman–Crippen LogP) is 8.06. The van der Waals surface area contributed by atoms with Crippen molar-refractivity contribution < 1.29 is 14.3 Å². The van der Waals surface area contributed by atoms with Crippen LogP contribution in [0.3, 0.4) is 0 Å². The second-order valence-corrected chi connectivity index (χ2v) is 10.9. The summed E-state index contributed by atoms with van der Waals surface area (Å²) in [6.45, 7) is 4.84. The number of likely N-dealkylation sites (N-methyl/N-ethyl adjacent to an activating group) is 1. The van der Waals surface area contributed by atoms with Crippen molar-refractivity contribution in [2.75, 3.05) is 27.8 Å². The van der Waals surface area contributed by atoms with Gasteiger partial charge in [0.05, 0.1) is 18.7 Å². The summed E-state index contributed by atoms with van der Waals surface area (Å²) in [7, 11) is 5.19. The molecule has 1 atom stereocenters. The van der Waals surface area contributed by atoms with E-state index in [-0.39, 0.29) is 5.91 Å². The number of nitrogens with zero attached hydrogens (tertiary/aromatic N) is 2. The van der Waals surface area contributed by atoms with Crippen LogP contribution in [0.2, 0.25) is 0 Å². The highest BCUT2D eigenvalue weighted by molar-refractivity contribution is 6.51. The Kier molecular flexibility index (Phi) is 10.4. The average Bonchev–Trinajstić information content (AvgIpc) is 3.32. The first-order chi connectivity index (χ1) is 19.8. The monoisotopic (exact) mass is 570 g/mol. The maximum atomic E-state index is 11.8. The third-order valence-corrected chi connectivity index (χ3v) is 7.78. The summed E-state index contributed by atoms with van der Waals surface area (Å²) in [5.74, 6) is 1.71. The molecule has 214 valence electrons. The quantitative estimate of drug-likeness (QED) is 0.163. The number of halogens is 1. The van der Waals surface area contributed by atoms with Gasteiger partial charge in [-0.1, -0.05) is 67.9 Å². The number of allylic oxidation sites excluding steroid dienone is 4. The molecule has 5 nitrogen and oxygen atoms in total. The van der Waals surface area contributed by atoms with E-state index in [1.165, 1.54) is 11.1 Å². The molecule has 0 radical (unpaired) electrons. The number of amides is 1. The van der Waals surface area contributed by atoms with Crippen LogP contribution in [-0.2, 0) is 11.2 Å². The van der Waals surface area contributed by atoms with E-state index in [1.807, 2.05) is 36.5 Å². The van der Waals surface area contributed by atoms with Crippen LogP contribution in [0.1, 0.15) is 55.4 Å². The van der Waals surface area contributed by atoms with Gasteiger partial charge in [0, 0.05) is 38.3 Å². The van der Waals surface area contributed by atoms with Crippen LogP contribution < -0.4 is 9.47 Å². The number of hydrogen-bond acceptors (Lipinski definition) is 4. The fourth-order valence-corrected chi connectivity index (χ4v) is 5.42. The number of aromatic nitrogens is 1. The number of hydrogen-bond donors (Lipinski definition) is 0. The summed E-state index contributed by atoms with van der Waals surface area (Å²) < 4.78 is 11.5. The lowest BCUT2D eigenvalue weighted by Crippen LogP contribution is -2.19. The van der Waals surface area contributed by atoms with Crippen molar-refractivity contribution in [1.82, 2.24) is 9.88 Å². The fraction of sp³-hybridized carbons (Fsp3) is 0.314. The SMILES string of the molecule is CC/C(=C(\C1=C(Cl)c2ccccc2C1)c1ccc(OCCC[C@H](C)/C=C/C(=O)N(C)C)nc1)c1cccc(OC)c1. The zero-order valence-electron chi connectivity index (χ0n) is 24.6. The van der Waals surface area contributed by atoms with E-state index >= 15 is 0 Å². The van der Waals surface area contributed by atoms with Crippen LogP contribution in [0.4, 0.5) is 0 Å². The molecular formula is C35H39ClN2O3. The number of methoxy groups -OCH3 is 1. The molecule has 1 heterocycles. The van der Waals surface area contributed by atoms with Crippen molar-refractivity contribution in [2.45, 2.75) is 39.5 Å². The predicted molar refractivity (Wildman–Crippen MR) is 169 cm³/mol. The maximum Gasteiger partial charge on any atom is 0.245 e. The van der Waals surface area contributed by atoms with Gasteiger partial charge in [-0.2, -0.15) is 0 Å². The van der Waals surface area contributed by atoms with Gasteiger partial charge in [0.1, 0.15) is 5.75 Å². The minimum atomic E-state index is 0.00183. The van der Waals surface area contributed by atoms with E-state index in [1.54, 1.807) is 32.2 Å². The van der Waals surface area contributed by atoms with Crippen molar-refractivity contribution in [3.05, 3.63) is 107 Å². The number of carbonyl (C=O) groups is 1. The Morgan fingerprint density at radius 1 is 1.10 bits per heavy atom. The molecule has 1 amide bonds. The fourth-order valence-electron chi connectivity index (χ4n) is 5.07. The Bertz CT molecular complexity index is 1450. The van der Waals surface area contributed by atoms with Crippen LogP contribution >= 0.6 is 11.6 Å². The molecule has 0 unspecified atom stereocenters. The Balaban J connectivity index is 1.56. The van der Waals surface area contributed by atoms with E-state index in [0.29, 0.717) is 18.4 Å². The average molecular weight is 571 g/mol. The van der Waals surface area contributed by atoms with E-state index in [4.69, 9.17) is 21.1 Å². The van der Waals surface area contributed by atoms with E-state index in [0.717, 1.165) is 64.3 Å². The van der Waals surface area contributed by atoms with E-state index in [2.05, 4.69) is 55.2 Å². The molecule has 0 bridgehead atoms. The first-order valence-corrected chi connectivity index (χ1v) is 14.5. The van der Waals surface area contributed by atoms with Crippen LogP contribution in [0.25, 0.3) is 16.2 Å². The van der Waals surface area contributed by atoms with Gasteiger partial charge >= 0.3 is 0 Å². The largest absolute Gasteiger partial charge is 0.497 e. The molecule has 6 heteroatoms. The summed E-state index contributed by atoms with van der Waals surface area (Å²) in [6, 6.07) is 20.5. The first-order valence-electron chi connectivity index (χ1n) is 14.2. The molecule has 4 rings (SSSR count). The normalized spacial score (nSPS) is 14.1. The highest BCUT2D eigenvalue weighted by atomic mass is 35.5. The van der Waals surface area contributed by atoms with Gasteiger partial charge in [0.25, 0.3) is 0 Å². The van der Waals surface area contributed by atoms with Crippen LogP contribution in [0.5, 0.6) is 11.6 Å². The molecule has 0 aliphatic heterocycles. The number of pyridine rings is 1. The molecule has 0 spiro atoms. The Morgan fingerprint density at radius 2 is 1.90 bits per heavy atom. The molecule has 1 aliphatic rings. The standard InChI is InChI=1S/C35H39ClN2O3/c1-6-29(25-13-9-14-28(21-25)40-5)34(31-22-26-12-7-8-15-30(26)35(31)36)27-17-18-32(37-23-27)41-20-10-11-24(2)16-19-33(39)38(3)4/h7-9,12-19,21,23-24H,6,10-11,20,22H2,1-5H3/b19-16+,34-29+/t24-/m0/s1. The van der Waals surface area contributed by atoms with Gasteiger partial charge in [-0.3, -0.25) is 4.79 Å². The van der Waals surface area contributed by atoms with Crippen molar-refractivity contribution in [3.63, 3.8) is 0 Å². The van der Waals surface area contributed by atoms with Crippen molar-refractivity contribution in [2.24, 2.45) is 5.92 Å². The van der Waals surface area contributed by atoms with Gasteiger partial charge in [-0.05, 0) is 82.9 Å². The van der Waals surface area contributed by atoms with Crippen molar-refractivity contribution >= 4 is 33.7 Å². The molecule has 3 aromatic rings. The minimum Gasteiger partial charge on any atom is -0.497 e. The topological polar surface area (TPSA) is 51.7 Å². The number of carbonyl (C=O) groups excluding carboxylic acids is 1. The lowest BCUT2D eigenvalue weighted by molar-refractivity contribution is -0.123. The molecule has 2 aromatic carbocycles. The van der Waals surface area contributed by atoms with E-state index in [9.17, 15) is 4.79 Å². The van der Waals surface area contributed by atoms with Crippen molar-refractivity contribution in [1.29, 1.82) is 0 Å². The molecule has 1 aliphatic carbocycles. The van der Waals surface area contributed by atoms with Gasteiger partial charge in [0.15, 0.2) is 0 Å². The molecule has 41 heavy (non-hydrogen) atoms. The zero-order valence-corrected chi connectivity index (χ0v) is 25.4. The maximum absolute atomic E-state index is 11.8. The highest BCUT2D eigenvalue weighted by Gasteiger charge is 2.26. The second-order valence-electron chi connectivity index (χ2n) is 10.5. The molecule has 0 saturated carbocycles. The highest BCUT2D eigenvalue weighted by Crippen LogP contribution is 2.45. The number of fused-ring (bicyclic) bond motifs is 1. The first kappa shape index (κ1) is 30.1.